The number of nitrogens with one attached hydrogen (secondary N) is 2. The van der Waals surface area contributed by atoms with Gasteiger partial charge in [0.2, 0.25) is 0 Å². The van der Waals surface area contributed by atoms with Gasteiger partial charge >= 0.3 is 0 Å². The molecule has 0 aromatic carbocycles. The predicted molar refractivity (Wildman–Crippen MR) is 91.6 cm³/mol. The molecular weight excluding hydrogens is 292 g/mol. The van der Waals surface area contributed by atoms with Crippen molar-refractivity contribution in [3.63, 3.8) is 0 Å². The largest absolute Gasteiger partial charge is 0.493 e. The van der Waals surface area contributed by atoms with E-state index >= 15 is 0 Å². The molecule has 0 amide bonds. The van der Waals surface area contributed by atoms with Gasteiger partial charge < -0.3 is 25.0 Å². The van der Waals surface area contributed by atoms with Crippen LogP contribution in [0, 0.1) is 5.92 Å². The van der Waals surface area contributed by atoms with E-state index in [0.717, 1.165) is 56.3 Å². The highest BCUT2D eigenvalue weighted by atomic mass is 16.5. The van der Waals surface area contributed by atoms with Crippen LogP contribution < -0.4 is 25.0 Å². The van der Waals surface area contributed by atoms with Crippen LogP contribution >= 0.6 is 0 Å². The fraction of sp³-hybridized carbons (Fsp3) is 0.706. The predicted octanol–water partition coefficient (Wildman–Crippen LogP) is 1.27. The first-order valence-electron chi connectivity index (χ1n) is 8.59. The Bertz CT molecular complexity index is 499. The maximum atomic E-state index is 5.94. The van der Waals surface area contributed by atoms with Gasteiger partial charge in [0.15, 0.2) is 11.5 Å². The molecule has 128 valence electrons. The Morgan fingerprint density at radius 2 is 1.96 bits per heavy atom. The van der Waals surface area contributed by atoms with Gasteiger partial charge in [0.05, 0.1) is 19.9 Å². The summed E-state index contributed by atoms with van der Waals surface area (Å²) in [5.41, 5.74) is 0. The zero-order chi connectivity index (χ0) is 16.1. The normalized spacial score (nSPS) is 22.1. The maximum absolute atomic E-state index is 5.94. The zero-order valence-electron chi connectivity index (χ0n) is 14.2. The van der Waals surface area contributed by atoms with Crippen molar-refractivity contribution in [2.24, 2.45) is 5.92 Å². The van der Waals surface area contributed by atoms with Crippen LogP contribution in [0.5, 0.6) is 11.5 Å². The average Bonchev–Trinajstić information content (AvgIpc) is 3.13. The van der Waals surface area contributed by atoms with Crippen LogP contribution in [0.25, 0.3) is 0 Å². The molecule has 1 aromatic rings. The quantitative estimate of drug-likeness (QED) is 0.823. The van der Waals surface area contributed by atoms with Gasteiger partial charge in [0.25, 0.3) is 0 Å². The third-order valence-corrected chi connectivity index (χ3v) is 4.89. The second-order valence-electron chi connectivity index (χ2n) is 6.46. The number of piperidine rings is 1. The average molecular weight is 320 g/mol. The van der Waals surface area contributed by atoms with E-state index in [2.05, 4.69) is 27.6 Å². The van der Waals surface area contributed by atoms with Crippen molar-refractivity contribution in [2.45, 2.75) is 25.3 Å². The molecule has 2 aliphatic heterocycles. The van der Waals surface area contributed by atoms with E-state index in [9.17, 15) is 0 Å². The highest BCUT2D eigenvalue weighted by Gasteiger charge is 2.21. The number of aromatic nitrogens is 1. The minimum absolute atomic E-state index is 0.532. The lowest BCUT2D eigenvalue weighted by Gasteiger charge is -2.32. The number of pyridine rings is 1. The van der Waals surface area contributed by atoms with E-state index in [0.29, 0.717) is 18.6 Å². The molecule has 0 aliphatic carbocycles. The second kappa shape index (κ2) is 7.84. The summed E-state index contributed by atoms with van der Waals surface area (Å²) in [5, 5.41) is 6.76. The lowest BCUT2D eigenvalue weighted by molar-refractivity contribution is 0.246. The number of methoxy groups -OCH3 is 1. The molecule has 6 nitrogen and oxygen atoms in total. The molecule has 1 unspecified atom stereocenters. The minimum Gasteiger partial charge on any atom is -0.493 e. The third-order valence-electron chi connectivity index (χ3n) is 4.89. The maximum Gasteiger partial charge on any atom is 0.179 e. The summed E-state index contributed by atoms with van der Waals surface area (Å²) in [4.78, 5) is 6.85. The SMILES string of the molecule is COc1cc(N(C)C2CCNCC2)ncc1OCC1CCNC1. The van der Waals surface area contributed by atoms with Crippen LogP contribution in [0.15, 0.2) is 12.3 Å². The Balaban J connectivity index is 1.65. The first-order chi connectivity index (χ1) is 11.3. The lowest BCUT2D eigenvalue weighted by atomic mass is 10.1. The van der Waals surface area contributed by atoms with Gasteiger partial charge in [0.1, 0.15) is 5.82 Å². The van der Waals surface area contributed by atoms with E-state index in [-0.39, 0.29) is 0 Å². The zero-order valence-corrected chi connectivity index (χ0v) is 14.2. The van der Waals surface area contributed by atoms with E-state index in [1.54, 1.807) is 13.3 Å². The molecular formula is C17H28N4O2. The van der Waals surface area contributed by atoms with Crippen LogP contribution in [-0.4, -0.2) is 58.0 Å². The number of anilines is 1. The van der Waals surface area contributed by atoms with E-state index in [1.165, 1.54) is 6.42 Å². The highest BCUT2D eigenvalue weighted by Crippen LogP contribution is 2.31. The number of hydrogen-bond donors (Lipinski definition) is 2. The summed E-state index contributed by atoms with van der Waals surface area (Å²) in [6.45, 7) is 4.98. The van der Waals surface area contributed by atoms with E-state index in [1.807, 2.05) is 6.07 Å². The standard InChI is InChI=1S/C17H28N4O2/c1-21(14-4-7-18-8-5-14)17-9-15(22-2)16(11-20-17)23-12-13-3-6-19-10-13/h9,11,13-14,18-19H,3-8,10,12H2,1-2H3. The van der Waals surface area contributed by atoms with Crippen LogP contribution in [0.2, 0.25) is 0 Å². The summed E-state index contributed by atoms with van der Waals surface area (Å²) in [6, 6.07) is 2.52. The molecule has 23 heavy (non-hydrogen) atoms. The molecule has 0 saturated carbocycles. The van der Waals surface area contributed by atoms with Gasteiger partial charge in [-0.1, -0.05) is 0 Å². The van der Waals surface area contributed by atoms with Crippen LogP contribution in [-0.2, 0) is 0 Å². The van der Waals surface area contributed by atoms with Gasteiger partial charge in [0, 0.05) is 31.6 Å². The number of hydrogen-bond acceptors (Lipinski definition) is 6. The van der Waals surface area contributed by atoms with Crippen molar-refractivity contribution in [3.8, 4) is 11.5 Å². The molecule has 3 heterocycles. The van der Waals surface area contributed by atoms with Crippen molar-refractivity contribution in [3.05, 3.63) is 12.3 Å². The van der Waals surface area contributed by atoms with Gasteiger partial charge in [-0.2, -0.15) is 0 Å². The van der Waals surface area contributed by atoms with Crippen molar-refractivity contribution >= 4 is 5.82 Å². The summed E-state index contributed by atoms with van der Waals surface area (Å²) < 4.78 is 11.5. The monoisotopic (exact) mass is 320 g/mol. The molecule has 3 rings (SSSR count). The first-order valence-corrected chi connectivity index (χ1v) is 8.59. The Morgan fingerprint density at radius 3 is 2.65 bits per heavy atom. The highest BCUT2D eigenvalue weighted by molar-refractivity contribution is 5.50. The number of rotatable bonds is 6. The fourth-order valence-electron chi connectivity index (χ4n) is 3.32. The molecule has 6 heteroatoms. The molecule has 2 N–H and O–H groups in total. The van der Waals surface area contributed by atoms with Crippen molar-refractivity contribution in [1.82, 2.24) is 15.6 Å². The third kappa shape index (κ3) is 4.06. The molecule has 0 radical (unpaired) electrons. The summed E-state index contributed by atoms with van der Waals surface area (Å²) in [6.07, 6.45) is 5.27. The van der Waals surface area contributed by atoms with Gasteiger partial charge in [-0.15, -0.1) is 0 Å². The smallest absolute Gasteiger partial charge is 0.179 e. The molecule has 2 saturated heterocycles. The minimum atomic E-state index is 0.532. The Hall–Kier alpha value is -1.53. The Labute approximate surface area is 138 Å². The summed E-state index contributed by atoms with van der Waals surface area (Å²) >= 11 is 0. The molecule has 1 atom stereocenters. The van der Waals surface area contributed by atoms with Crippen LogP contribution in [0.3, 0.4) is 0 Å². The van der Waals surface area contributed by atoms with E-state index in [4.69, 9.17) is 9.47 Å². The second-order valence-corrected chi connectivity index (χ2v) is 6.46. The Kier molecular flexibility index (Phi) is 5.56. The van der Waals surface area contributed by atoms with E-state index < -0.39 is 0 Å². The van der Waals surface area contributed by atoms with Gasteiger partial charge in [-0.3, -0.25) is 0 Å². The fourth-order valence-corrected chi connectivity index (χ4v) is 3.32. The molecule has 1 aromatic heterocycles. The van der Waals surface area contributed by atoms with Gasteiger partial charge in [-0.05, 0) is 38.9 Å². The number of ether oxygens (including phenoxy) is 2. The molecule has 2 aliphatic rings. The molecule has 2 fully saturated rings. The lowest BCUT2D eigenvalue weighted by Crippen LogP contribution is -2.41. The first kappa shape index (κ1) is 16.3. The molecule has 0 bridgehead atoms. The topological polar surface area (TPSA) is 58.7 Å². The summed E-state index contributed by atoms with van der Waals surface area (Å²) in [5.74, 6) is 3.03. The van der Waals surface area contributed by atoms with Crippen molar-refractivity contribution < 1.29 is 9.47 Å². The van der Waals surface area contributed by atoms with Crippen molar-refractivity contribution in [2.75, 3.05) is 51.8 Å². The van der Waals surface area contributed by atoms with Crippen LogP contribution in [0.4, 0.5) is 5.82 Å². The Morgan fingerprint density at radius 1 is 1.17 bits per heavy atom. The van der Waals surface area contributed by atoms with Crippen molar-refractivity contribution in [1.29, 1.82) is 0 Å². The number of nitrogens with zero attached hydrogens (tertiary/aromatic N) is 2. The summed E-state index contributed by atoms with van der Waals surface area (Å²) in [7, 11) is 3.80. The van der Waals surface area contributed by atoms with Gasteiger partial charge in [-0.25, -0.2) is 4.98 Å². The van der Waals surface area contributed by atoms with Crippen LogP contribution in [0.1, 0.15) is 19.3 Å². The molecule has 0 spiro atoms.